The third-order valence-corrected chi connectivity index (χ3v) is 2.90. The number of rotatable bonds is 4. The molecule has 0 radical (unpaired) electrons. The van der Waals surface area contributed by atoms with Gasteiger partial charge in [-0.15, -0.1) is 0 Å². The third-order valence-electron chi connectivity index (χ3n) is 2.90. The fourth-order valence-electron chi connectivity index (χ4n) is 1.98. The Balaban J connectivity index is 3.04. The maximum absolute atomic E-state index is 5.64. The zero-order valence-corrected chi connectivity index (χ0v) is 9.51. The van der Waals surface area contributed by atoms with Gasteiger partial charge in [0.05, 0.1) is 0 Å². The van der Waals surface area contributed by atoms with Crippen molar-refractivity contribution in [2.24, 2.45) is 5.73 Å². The monoisotopic (exact) mass is 191 g/mol. The predicted octanol–water partition coefficient (Wildman–Crippen LogP) is 2.88. The molecule has 0 saturated heterocycles. The van der Waals surface area contributed by atoms with Gasteiger partial charge in [0.25, 0.3) is 0 Å². The van der Waals surface area contributed by atoms with Crippen molar-refractivity contribution in [2.75, 3.05) is 6.54 Å². The highest BCUT2D eigenvalue weighted by Gasteiger charge is 2.21. The van der Waals surface area contributed by atoms with E-state index in [0.29, 0.717) is 0 Å². The first kappa shape index (κ1) is 11.3. The molecule has 0 aromatic heterocycles. The molecule has 0 bridgehead atoms. The lowest BCUT2D eigenvalue weighted by atomic mass is 9.78. The van der Waals surface area contributed by atoms with Crippen LogP contribution in [0.2, 0.25) is 0 Å². The molecule has 1 heteroatoms. The van der Waals surface area contributed by atoms with Crippen LogP contribution >= 0.6 is 0 Å². The molecule has 0 atom stereocenters. The van der Waals surface area contributed by atoms with E-state index in [9.17, 15) is 0 Å². The van der Waals surface area contributed by atoms with E-state index in [4.69, 9.17) is 5.73 Å². The summed E-state index contributed by atoms with van der Waals surface area (Å²) in [5.41, 5.74) is 8.75. The summed E-state index contributed by atoms with van der Waals surface area (Å²) in [6.07, 6.45) is 2.15. The van der Waals surface area contributed by atoms with Gasteiger partial charge in [0.2, 0.25) is 0 Å². The highest BCUT2D eigenvalue weighted by Crippen LogP contribution is 2.29. The molecule has 14 heavy (non-hydrogen) atoms. The molecule has 2 N–H and O–H groups in total. The smallest absolute Gasteiger partial charge is 0.00690 e. The summed E-state index contributed by atoms with van der Waals surface area (Å²) in [4.78, 5) is 0. The average Bonchev–Trinajstić information content (AvgIpc) is 2.18. The van der Waals surface area contributed by atoms with Crippen LogP contribution in [-0.2, 0) is 11.8 Å². The van der Waals surface area contributed by atoms with Gasteiger partial charge in [0.15, 0.2) is 0 Å². The predicted molar refractivity (Wildman–Crippen MR) is 62.5 cm³/mol. The van der Waals surface area contributed by atoms with Crippen molar-refractivity contribution in [1.82, 2.24) is 0 Å². The Morgan fingerprint density at radius 1 is 1.21 bits per heavy atom. The summed E-state index contributed by atoms with van der Waals surface area (Å²) >= 11 is 0. The summed E-state index contributed by atoms with van der Waals surface area (Å²) in [6, 6.07) is 8.68. The van der Waals surface area contributed by atoms with Crippen molar-refractivity contribution in [3.8, 4) is 0 Å². The summed E-state index contributed by atoms with van der Waals surface area (Å²) in [6.45, 7) is 7.51. The third kappa shape index (κ3) is 2.36. The van der Waals surface area contributed by atoms with Crippen LogP contribution in [0.3, 0.4) is 0 Å². The van der Waals surface area contributed by atoms with Gasteiger partial charge in [-0.1, -0.05) is 45.0 Å². The molecule has 0 amide bonds. The molecular formula is C13H21N. The van der Waals surface area contributed by atoms with Crippen LogP contribution in [0.15, 0.2) is 24.3 Å². The summed E-state index contributed by atoms with van der Waals surface area (Å²) in [7, 11) is 0. The first-order valence-corrected chi connectivity index (χ1v) is 5.40. The van der Waals surface area contributed by atoms with Crippen LogP contribution in [-0.4, -0.2) is 6.54 Å². The molecule has 0 fully saturated rings. The highest BCUT2D eigenvalue weighted by molar-refractivity contribution is 5.33. The van der Waals surface area contributed by atoms with Crippen LogP contribution < -0.4 is 5.73 Å². The van der Waals surface area contributed by atoms with Crippen molar-refractivity contribution >= 4 is 0 Å². The normalized spacial score (nSPS) is 11.7. The van der Waals surface area contributed by atoms with E-state index in [0.717, 1.165) is 19.4 Å². The largest absolute Gasteiger partial charge is 0.330 e. The highest BCUT2D eigenvalue weighted by atomic mass is 14.5. The molecule has 0 heterocycles. The molecule has 0 spiro atoms. The molecule has 0 aliphatic heterocycles. The number of aryl methyl sites for hydroxylation is 1. The molecule has 0 aliphatic carbocycles. The van der Waals surface area contributed by atoms with E-state index in [-0.39, 0.29) is 5.41 Å². The van der Waals surface area contributed by atoms with Crippen molar-refractivity contribution in [3.05, 3.63) is 35.4 Å². The number of nitrogens with two attached hydrogens (primary N) is 1. The standard InChI is InChI=1S/C13H21N/c1-4-11-7-5-6-8-12(11)13(2,3)9-10-14/h5-8H,4,9-10,14H2,1-3H3. The second kappa shape index (κ2) is 4.61. The lowest BCUT2D eigenvalue weighted by Crippen LogP contribution is -2.23. The van der Waals surface area contributed by atoms with Crippen LogP contribution in [0, 0.1) is 0 Å². The zero-order chi connectivity index (χ0) is 10.6. The lowest BCUT2D eigenvalue weighted by Gasteiger charge is -2.27. The van der Waals surface area contributed by atoms with Gasteiger partial charge in [0.1, 0.15) is 0 Å². The quantitative estimate of drug-likeness (QED) is 0.778. The van der Waals surface area contributed by atoms with Gasteiger partial charge in [-0.25, -0.2) is 0 Å². The fraction of sp³-hybridized carbons (Fsp3) is 0.538. The van der Waals surface area contributed by atoms with Gasteiger partial charge in [-0.2, -0.15) is 0 Å². The molecule has 78 valence electrons. The van der Waals surface area contributed by atoms with Crippen molar-refractivity contribution in [1.29, 1.82) is 0 Å². The van der Waals surface area contributed by atoms with Crippen molar-refractivity contribution in [3.63, 3.8) is 0 Å². The molecule has 1 aromatic rings. The van der Waals surface area contributed by atoms with Gasteiger partial charge in [0, 0.05) is 0 Å². The Bertz CT molecular complexity index is 289. The van der Waals surface area contributed by atoms with E-state index < -0.39 is 0 Å². The second-order valence-corrected chi connectivity index (χ2v) is 4.43. The number of benzene rings is 1. The summed E-state index contributed by atoms with van der Waals surface area (Å²) < 4.78 is 0. The molecule has 0 saturated carbocycles. The van der Waals surface area contributed by atoms with E-state index in [1.54, 1.807) is 0 Å². The van der Waals surface area contributed by atoms with Crippen molar-refractivity contribution < 1.29 is 0 Å². The summed E-state index contributed by atoms with van der Waals surface area (Å²) in [5.74, 6) is 0. The average molecular weight is 191 g/mol. The Labute approximate surface area is 87.3 Å². The summed E-state index contributed by atoms with van der Waals surface area (Å²) in [5, 5.41) is 0. The van der Waals surface area contributed by atoms with E-state index in [1.807, 2.05) is 0 Å². The molecule has 0 aliphatic rings. The van der Waals surface area contributed by atoms with Gasteiger partial charge in [-0.05, 0) is 35.9 Å². The SMILES string of the molecule is CCc1ccccc1C(C)(C)CCN. The Morgan fingerprint density at radius 2 is 1.86 bits per heavy atom. The van der Waals surface area contributed by atoms with E-state index in [2.05, 4.69) is 45.0 Å². The minimum absolute atomic E-state index is 0.210. The van der Waals surface area contributed by atoms with Crippen molar-refractivity contribution in [2.45, 2.75) is 39.0 Å². The Kier molecular flexibility index (Phi) is 3.70. The number of hydrogen-bond acceptors (Lipinski definition) is 1. The minimum Gasteiger partial charge on any atom is -0.330 e. The molecule has 0 unspecified atom stereocenters. The van der Waals surface area contributed by atoms with Gasteiger partial charge >= 0.3 is 0 Å². The molecule has 1 aromatic carbocycles. The van der Waals surface area contributed by atoms with Crippen LogP contribution in [0.5, 0.6) is 0 Å². The Morgan fingerprint density at radius 3 is 2.43 bits per heavy atom. The molecule has 1 rings (SSSR count). The Hall–Kier alpha value is -0.820. The van der Waals surface area contributed by atoms with Gasteiger partial charge in [-0.3, -0.25) is 0 Å². The maximum Gasteiger partial charge on any atom is -0.00690 e. The second-order valence-electron chi connectivity index (χ2n) is 4.43. The molecule has 1 nitrogen and oxygen atoms in total. The first-order valence-electron chi connectivity index (χ1n) is 5.40. The maximum atomic E-state index is 5.64. The zero-order valence-electron chi connectivity index (χ0n) is 9.51. The van der Waals surface area contributed by atoms with Crippen LogP contribution in [0.1, 0.15) is 38.3 Å². The lowest BCUT2D eigenvalue weighted by molar-refractivity contribution is 0.483. The van der Waals surface area contributed by atoms with E-state index in [1.165, 1.54) is 11.1 Å². The topological polar surface area (TPSA) is 26.0 Å². The van der Waals surface area contributed by atoms with Gasteiger partial charge < -0.3 is 5.73 Å². The molecular weight excluding hydrogens is 170 g/mol. The first-order chi connectivity index (χ1) is 6.61. The van der Waals surface area contributed by atoms with Crippen LogP contribution in [0.4, 0.5) is 0 Å². The fourth-order valence-corrected chi connectivity index (χ4v) is 1.98. The number of hydrogen-bond donors (Lipinski definition) is 1. The van der Waals surface area contributed by atoms with E-state index >= 15 is 0 Å². The van der Waals surface area contributed by atoms with Crippen LogP contribution in [0.25, 0.3) is 0 Å². The minimum atomic E-state index is 0.210.